The number of benzene rings is 2. The number of nitrogens with zero attached hydrogens (tertiary/aromatic N) is 5. The molecule has 0 fully saturated rings. The lowest BCUT2D eigenvalue weighted by Crippen LogP contribution is -2.07. The summed E-state index contributed by atoms with van der Waals surface area (Å²) in [5.74, 6) is 2.90. The van der Waals surface area contributed by atoms with E-state index in [9.17, 15) is 0 Å². The van der Waals surface area contributed by atoms with E-state index < -0.39 is 0 Å². The van der Waals surface area contributed by atoms with Gasteiger partial charge in [-0.15, -0.1) is 27.0 Å². The van der Waals surface area contributed by atoms with Crippen molar-refractivity contribution >= 4 is 23.4 Å². The van der Waals surface area contributed by atoms with Crippen molar-refractivity contribution in [2.75, 3.05) is 0 Å². The average molecular weight is 440 g/mol. The van der Waals surface area contributed by atoms with E-state index in [1.165, 1.54) is 11.8 Å². The van der Waals surface area contributed by atoms with Crippen molar-refractivity contribution in [2.45, 2.75) is 24.1 Å². The van der Waals surface area contributed by atoms with Gasteiger partial charge in [0.1, 0.15) is 12.4 Å². The number of thioether (sulfide) groups is 1. The van der Waals surface area contributed by atoms with E-state index in [4.69, 9.17) is 20.8 Å². The molecule has 9 heteroatoms. The second-order valence-electron chi connectivity index (χ2n) is 6.20. The number of aromatic nitrogens is 5. The highest BCUT2D eigenvalue weighted by atomic mass is 35.5. The van der Waals surface area contributed by atoms with E-state index in [1.54, 1.807) is 18.2 Å². The van der Waals surface area contributed by atoms with Crippen LogP contribution in [0.4, 0.5) is 0 Å². The molecule has 0 radical (unpaired) electrons. The van der Waals surface area contributed by atoms with Crippen LogP contribution in [-0.2, 0) is 18.9 Å². The van der Waals surface area contributed by atoms with Crippen molar-refractivity contribution in [3.63, 3.8) is 0 Å². The second kappa shape index (κ2) is 9.60. The van der Waals surface area contributed by atoms with Crippen LogP contribution in [-0.4, -0.2) is 25.0 Å². The van der Waals surface area contributed by atoms with Gasteiger partial charge >= 0.3 is 0 Å². The van der Waals surface area contributed by atoms with Crippen LogP contribution in [0.25, 0.3) is 11.5 Å². The Morgan fingerprint density at radius 3 is 2.60 bits per heavy atom. The van der Waals surface area contributed by atoms with Crippen molar-refractivity contribution in [3.8, 4) is 17.2 Å². The molecule has 0 aliphatic carbocycles. The Balaban J connectivity index is 1.42. The molecule has 30 heavy (non-hydrogen) atoms. The Hall–Kier alpha value is -3.10. The monoisotopic (exact) mass is 439 g/mol. The van der Waals surface area contributed by atoms with Gasteiger partial charge in [0.25, 0.3) is 0 Å². The smallest absolute Gasteiger partial charge is 0.247 e. The molecular weight excluding hydrogens is 422 g/mol. The lowest BCUT2D eigenvalue weighted by Gasteiger charge is -2.08. The molecule has 0 spiro atoms. The van der Waals surface area contributed by atoms with Gasteiger partial charge in [0.15, 0.2) is 11.0 Å². The van der Waals surface area contributed by atoms with E-state index >= 15 is 0 Å². The maximum atomic E-state index is 5.91. The van der Waals surface area contributed by atoms with Crippen LogP contribution in [0.15, 0.2) is 76.8 Å². The third kappa shape index (κ3) is 4.90. The van der Waals surface area contributed by atoms with Crippen molar-refractivity contribution < 1.29 is 9.15 Å². The molecule has 0 bridgehead atoms. The van der Waals surface area contributed by atoms with E-state index in [1.807, 2.05) is 47.0 Å². The number of allylic oxidation sites excluding steroid dienone is 1. The van der Waals surface area contributed by atoms with Gasteiger partial charge in [0.2, 0.25) is 11.8 Å². The Kier molecular flexibility index (Phi) is 6.46. The van der Waals surface area contributed by atoms with Crippen LogP contribution in [0, 0.1) is 0 Å². The molecule has 2 aromatic heterocycles. The molecule has 7 nitrogen and oxygen atoms in total. The molecule has 0 unspecified atom stereocenters. The molecule has 0 N–H and O–H groups in total. The van der Waals surface area contributed by atoms with Gasteiger partial charge in [-0.2, -0.15) is 0 Å². The predicted molar refractivity (Wildman–Crippen MR) is 115 cm³/mol. The number of hydrogen-bond acceptors (Lipinski definition) is 7. The summed E-state index contributed by atoms with van der Waals surface area (Å²) in [5.41, 5.74) is 0.887. The summed E-state index contributed by atoms with van der Waals surface area (Å²) in [4.78, 5) is 0. The molecular formula is C21H18ClN5O2S. The molecule has 0 saturated heterocycles. The fraction of sp³-hybridized carbons (Fsp3) is 0.143. The van der Waals surface area contributed by atoms with Gasteiger partial charge in [-0.25, -0.2) is 0 Å². The van der Waals surface area contributed by atoms with Crippen molar-refractivity contribution in [2.24, 2.45) is 0 Å². The minimum Gasteiger partial charge on any atom is -0.486 e. The maximum Gasteiger partial charge on any atom is 0.247 e. The van der Waals surface area contributed by atoms with Crippen LogP contribution in [0.5, 0.6) is 5.75 Å². The van der Waals surface area contributed by atoms with E-state index in [0.717, 1.165) is 10.7 Å². The zero-order chi connectivity index (χ0) is 20.8. The minimum atomic E-state index is 0.280. The maximum absolute atomic E-state index is 5.91. The molecule has 152 valence electrons. The van der Waals surface area contributed by atoms with Crippen molar-refractivity contribution in [1.82, 2.24) is 25.0 Å². The Labute approximate surface area is 182 Å². The summed E-state index contributed by atoms with van der Waals surface area (Å²) in [6.45, 7) is 4.66. The van der Waals surface area contributed by atoms with Crippen LogP contribution in [0.1, 0.15) is 11.7 Å². The first-order chi connectivity index (χ1) is 14.7. The molecule has 0 aliphatic heterocycles. The van der Waals surface area contributed by atoms with Gasteiger partial charge in [-0.05, 0) is 36.4 Å². The van der Waals surface area contributed by atoms with Crippen molar-refractivity contribution in [3.05, 3.63) is 84.0 Å². The summed E-state index contributed by atoms with van der Waals surface area (Å²) in [5, 5.41) is 18.2. The van der Waals surface area contributed by atoms with Gasteiger partial charge in [0.05, 0.1) is 5.75 Å². The molecule has 0 saturated carbocycles. The topological polar surface area (TPSA) is 78.9 Å². The quantitative estimate of drug-likeness (QED) is 0.267. The lowest BCUT2D eigenvalue weighted by atomic mass is 10.2. The van der Waals surface area contributed by atoms with E-state index in [-0.39, 0.29) is 6.61 Å². The number of rotatable bonds is 9. The normalized spacial score (nSPS) is 10.8. The summed E-state index contributed by atoms with van der Waals surface area (Å²) in [6.07, 6.45) is 1.79. The fourth-order valence-electron chi connectivity index (χ4n) is 2.66. The first-order valence-corrected chi connectivity index (χ1v) is 10.5. The summed E-state index contributed by atoms with van der Waals surface area (Å²) < 4.78 is 13.5. The minimum absolute atomic E-state index is 0.280. The van der Waals surface area contributed by atoms with Crippen LogP contribution >= 0.6 is 23.4 Å². The first kappa shape index (κ1) is 20.2. The average Bonchev–Trinajstić information content (AvgIpc) is 3.40. The van der Waals surface area contributed by atoms with Crippen LogP contribution in [0.3, 0.4) is 0 Å². The zero-order valence-corrected chi connectivity index (χ0v) is 17.5. The van der Waals surface area contributed by atoms with E-state index in [2.05, 4.69) is 27.0 Å². The van der Waals surface area contributed by atoms with Gasteiger partial charge < -0.3 is 9.15 Å². The fourth-order valence-corrected chi connectivity index (χ4v) is 3.59. The second-order valence-corrected chi connectivity index (χ2v) is 7.58. The summed E-state index contributed by atoms with van der Waals surface area (Å²) in [6, 6.07) is 16.8. The van der Waals surface area contributed by atoms with Crippen molar-refractivity contribution in [1.29, 1.82) is 0 Å². The molecule has 4 aromatic rings. The molecule has 0 atom stereocenters. The van der Waals surface area contributed by atoms with Gasteiger partial charge in [0, 0.05) is 17.1 Å². The number of ether oxygens (including phenoxy) is 1. The Morgan fingerprint density at radius 1 is 1.03 bits per heavy atom. The SMILES string of the molecule is C=CCn1c(COc2ccc(Cl)cc2)nnc1SCc1nnc(-c2ccccc2)o1. The van der Waals surface area contributed by atoms with E-state index in [0.29, 0.717) is 40.7 Å². The zero-order valence-electron chi connectivity index (χ0n) is 15.9. The largest absolute Gasteiger partial charge is 0.486 e. The van der Waals surface area contributed by atoms with Crippen LogP contribution in [0.2, 0.25) is 5.02 Å². The van der Waals surface area contributed by atoms with Crippen LogP contribution < -0.4 is 4.74 Å². The lowest BCUT2D eigenvalue weighted by molar-refractivity contribution is 0.289. The molecule has 2 heterocycles. The van der Waals surface area contributed by atoms with Gasteiger partial charge in [-0.3, -0.25) is 4.57 Å². The first-order valence-electron chi connectivity index (χ1n) is 9.15. The highest BCUT2D eigenvalue weighted by Crippen LogP contribution is 2.25. The number of halogens is 1. The standard InChI is InChI=1S/C21H18ClN5O2S/c1-2-12-27-18(13-28-17-10-8-16(22)9-11-17)23-26-21(27)30-14-19-24-25-20(29-19)15-6-4-3-5-7-15/h2-11H,1,12-14H2. The third-order valence-corrected chi connectivity index (χ3v) is 5.30. The van der Waals surface area contributed by atoms with Gasteiger partial charge in [-0.1, -0.05) is 47.6 Å². The third-order valence-electron chi connectivity index (χ3n) is 4.10. The highest BCUT2D eigenvalue weighted by molar-refractivity contribution is 7.98. The Morgan fingerprint density at radius 2 is 1.83 bits per heavy atom. The summed E-state index contributed by atoms with van der Waals surface area (Å²) >= 11 is 7.37. The highest BCUT2D eigenvalue weighted by Gasteiger charge is 2.15. The number of hydrogen-bond donors (Lipinski definition) is 0. The summed E-state index contributed by atoms with van der Waals surface area (Å²) in [7, 11) is 0. The predicted octanol–water partition coefficient (Wildman–Crippen LogP) is 5.04. The molecule has 0 aliphatic rings. The Bertz CT molecular complexity index is 1110. The molecule has 0 amide bonds. The molecule has 2 aromatic carbocycles. The molecule has 4 rings (SSSR count).